The second kappa shape index (κ2) is 6.63. The Labute approximate surface area is 116 Å². The Morgan fingerprint density at radius 3 is 3.00 bits per heavy atom. The van der Waals surface area contributed by atoms with Crippen LogP contribution in [-0.4, -0.2) is 34.8 Å². The third-order valence-electron chi connectivity index (χ3n) is 3.40. The first kappa shape index (κ1) is 14.0. The molecule has 5 nitrogen and oxygen atoms in total. The van der Waals surface area contributed by atoms with E-state index in [1.54, 1.807) is 0 Å². The van der Waals surface area contributed by atoms with Crippen molar-refractivity contribution in [2.75, 3.05) is 19.8 Å². The predicted molar refractivity (Wildman–Crippen MR) is 73.3 cm³/mol. The monoisotopic (exact) mass is 316 g/mol. The molecule has 0 aliphatic carbocycles. The quantitative estimate of drug-likeness (QED) is 0.903. The van der Waals surface area contributed by atoms with Crippen molar-refractivity contribution >= 4 is 15.9 Å². The minimum atomic E-state index is 0.264. The number of hydrogen-bond acceptors (Lipinski definition) is 4. The van der Waals surface area contributed by atoms with Crippen molar-refractivity contribution in [2.24, 2.45) is 13.0 Å². The molecule has 1 aromatic rings. The summed E-state index contributed by atoms with van der Waals surface area (Å²) >= 11 is 3.50. The van der Waals surface area contributed by atoms with E-state index in [0.717, 1.165) is 42.9 Å². The maximum absolute atomic E-state index is 5.62. The van der Waals surface area contributed by atoms with Gasteiger partial charge in [-0.3, -0.25) is 0 Å². The van der Waals surface area contributed by atoms with Crippen LogP contribution in [0.1, 0.15) is 37.9 Å². The predicted octanol–water partition coefficient (Wildman–Crippen LogP) is 2.04. The molecule has 2 unspecified atom stereocenters. The summed E-state index contributed by atoms with van der Waals surface area (Å²) in [6.45, 7) is 4.89. The lowest BCUT2D eigenvalue weighted by atomic mass is 9.91. The number of nitrogens with one attached hydrogen (secondary N) is 1. The minimum Gasteiger partial charge on any atom is -0.381 e. The molecule has 1 aliphatic rings. The van der Waals surface area contributed by atoms with E-state index >= 15 is 0 Å². The van der Waals surface area contributed by atoms with Crippen LogP contribution < -0.4 is 5.32 Å². The van der Waals surface area contributed by atoms with Crippen LogP contribution in [0, 0.1) is 5.92 Å². The number of nitrogens with zero attached hydrogens (tertiary/aromatic N) is 3. The molecular weight excluding hydrogens is 296 g/mol. The standard InChI is InChI=1S/C12H21BrN4O/c1-3-6-14-10(9-5-4-7-18-8-9)11-12(13)15-16-17(11)2/h9-10,14H,3-8H2,1-2H3. The molecule has 0 radical (unpaired) electrons. The van der Waals surface area contributed by atoms with Crippen LogP contribution in [0.3, 0.4) is 0 Å². The summed E-state index contributed by atoms with van der Waals surface area (Å²) in [6, 6.07) is 0.264. The molecule has 2 atom stereocenters. The minimum absolute atomic E-state index is 0.264. The fourth-order valence-corrected chi connectivity index (χ4v) is 3.06. The van der Waals surface area contributed by atoms with Gasteiger partial charge in [0.05, 0.1) is 18.3 Å². The van der Waals surface area contributed by atoms with Crippen LogP contribution in [-0.2, 0) is 11.8 Å². The van der Waals surface area contributed by atoms with Crippen molar-refractivity contribution in [3.8, 4) is 0 Å². The van der Waals surface area contributed by atoms with Gasteiger partial charge in [-0.25, -0.2) is 4.68 Å². The highest BCUT2D eigenvalue weighted by molar-refractivity contribution is 9.10. The number of aromatic nitrogens is 3. The van der Waals surface area contributed by atoms with Gasteiger partial charge in [0.1, 0.15) is 0 Å². The first-order valence-electron chi connectivity index (χ1n) is 6.60. The van der Waals surface area contributed by atoms with Crippen molar-refractivity contribution in [2.45, 2.75) is 32.2 Å². The van der Waals surface area contributed by atoms with Gasteiger partial charge in [0.25, 0.3) is 0 Å². The van der Waals surface area contributed by atoms with Gasteiger partial charge in [0, 0.05) is 19.6 Å². The number of rotatable bonds is 5. The fourth-order valence-electron chi connectivity index (χ4n) is 2.48. The summed E-state index contributed by atoms with van der Waals surface area (Å²) in [4.78, 5) is 0. The van der Waals surface area contributed by atoms with Crippen LogP contribution in [0.25, 0.3) is 0 Å². The lowest BCUT2D eigenvalue weighted by Gasteiger charge is -2.31. The van der Waals surface area contributed by atoms with Gasteiger partial charge in [-0.05, 0) is 41.7 Å². The first-order valence-corrected chi connectivity index (χ1v) is 7.39. The second-order valence-corrected chi connectivity index (χ2v) is 5.55. The summed E-state index contributed by atoms with van der Waals surface area (Å²) < 4.78 is 8.31. The molecule has 0 aromatic carbocycles. The Hall–Kier alpha value is -0.460. The molecule has 102 valence electrons. The van der Waals surface area contributed by atoms with Gasteiger partial charge in [0.2, 0.25) is 0 Å². The molecule has 2 heterocycles. The molecule has 1 aromatic heterocycles. The third kappa shape index (κ3) is 3.10. The molecule has 0 bridgehead atoms. The smallest absolute Gasteiger partial charge is 0.153 e. The SMILES string of the molecule is CCCNC(c1c(Br)nnn1C)C1CCCOC1. The van der Waals surface area contributed by atoms with Crippen molar-refractivity contribution in [3.63, 3.8) is 0 Å². The molecule has 2 rings (SSSR count). The number of halogens is 1. The van der Waals surface area contributed by atoms with E-state index in [0.29, 0.717) is 5.92 Å². The van der Waals surface area contributed by atoms with Crippen molar-refractivity contribution in [3.05, 3.63) is 10.3 Å². The van der Waals surface area contributed by atoms with E-state index in [2.05, 4.69) is 38.5 Å². The summed E-state index contributed by atoms with van der Waals surface area (Å²) in [7, 11) is 1.94. The second-order valence-electron chi connectivity index (χ2n) is 4.80. The van der Waals surface area contributed by atoms with Gasteiger partial charge in [0.15, 0.2) is 4.60 Å². The van der Waals surface area contributed by atoms with Crippen LogP contribution in [0.5, 0.6) is 0 Å². The van der Waals surface area contributed by atoms with E-state index in [1.165, 1.54) is 6.42 Å². The highest BCUT2D eigenvalue weighted by Gasteiger charge is 2.29. The van der Waals surface area contributed by atoms with Crippen LogP contribution in [0.2, 0.25) is 0 Å². The van der Waals surface area contributed by atoms with E-state index in [9.17, 15) is 0 Å². The Bertz CT molecular complexity index is 357. The van der Waals surface area contributed by atoms with Gasteiger partial charge < -0.3 is 10.1 Å². The molecular formula is C12H21BrN4O. The average Bonchev–Trinajstić information content (AvgIpc) is 2.72. The van der Waals surface area contributed by atoms with E-state index in [1.807, 2.05) is 11.7 Å². The fraction of sp³-hybridized carbons (Fsp3) is 0.833. The zero-order chi connectivity index (χ0) is 13.0. The Balaban J connectivity index is 2.18. The summed E-state index contributed by atoms with van der Waals surface area (Å²) in [6.07, 6.45) is 3.45. The Morgan fingerprint density at radius 2 is 2.44 bits per heavy atom. The van der Waals surface area contributed by atoms with Gasteiger partial charge in [-0.15, -0.1) is 5.10 Å². The lowest BCUT2D eigenvalue weighted by molar-refractivity contribution is 0.0377. The summed E-state index contributed by atoms with van der Waals surface area (Å²) in [5.74, 6) is 0.499. The molecule has 0 amide bonds. The van der Waals surface area contributed by atoms with Crippen LogP contribution in [0.15, 0.2) is 4.60 Å². The van der Waals surface area contributed by atoms with Crippen LogP contribution in [0.4, 0.5) is 0 Å². The summed E-state index contributed by atoms with van der Waals surface area (Å²) in [5, 5.41) is 11.8. The summed E-state index contributed by atoms with van der Waals surface area (Å²) in [5.41, 5.74) is 1.12. The number of ether oxygens (including phenoxy) is 1. The van der Waals surface area contributed by atoms with Crippen molar-refractivity contribution in [1.82, 2.24) is 20.3 Å². The largest absolute Gasteiger partial charge is 0.381 e. The Morgan fingerprint density at radius 1 is 1.61 bits per heavy atom. The third-order valence-corrected chi connectivity index (χ3v) is 3.97. The first-order chi connectivity index (χ1) is 8.74. The highest BCUT2D eigenvalue weighted by atomic mass is 79.9. The van der Waals surface area contributed by atoms with Gasteiger partial charge in [-0.2, -0.15) is 0 Å². The zero-order valence-corrected chi connectivity index (χ0v) is 12.6. The van der Waals surface area contributed by atoms with Gasteiger partial charge in [-0.1, -0.05) is 12.1 Å². The molecule has 1 aliphatic heterocycles. The molecule has 1 saturated heterocycles. The number of hydrogen-bond donors (Lipinski definition) is 1. The molecule has 18 heavy (non-hydrogen) atoms. The molecule has 6 heteroatoms. The molecule has 1 N–H and O–H groups in total. The van der Waals surface area contributed by atoms with Crippen molar-refractivity contribution in [1.29, 1.82) is 0 Å². The lowest BCUT2D eigenvalue weighted by Crippen LogP contribution is -2.35. The normalized spacial score (nSPS) is 22.1. The van der Waals surface area contributed by atoms with E-state index in [4.69, 9.17) is 4.74 Å². The highest BCUT2D eigenvalue weighted by Crippen LogP contribution is 2.31. The maximum Gasteiger partial charge on any atom is 0.153 e. The average molecular weight is 317 g/mol. The number of aryl methyl sites for hydroxylation is 1. The Kier molecular flexibility index (Phi) is 5.14. The van der Waals surface area contributed by atoms with E-state index in [-0.39, 0.29) is 6.04 Å². The molecule has 0 spiro atoms. The molecule has 1 fully saturated rings. The van der Waals surface area contributed by atoms with Crippen LogP contribution >= 0.6 is 15.9 Å². The zero-order valence-electron chi connectivity index (χ0n) is 11.0. The molecule has 0 saturated carbocycles. The topological polar surface area (TPSA) is 52.0 Å². The van der Waals surface area contributed by atoms with Gasteiger partial charge >= 0.3 is 0 Å². The maximum atomic E-state index is 5.62. The van der Waals surface area contributed by atoms with Crippen molar-refractivity contribution < 1.29 is 4.74 Å². The van der Waals surface area contributed by atoms with E-state index < -0.39 is 0 Å².